The lowest BCUT2D eigenvalue weighted by Crippen LogP contribution is -2.37. The van der Waals surface area contributed by atoms with Gasteiger partial charge in [0.2, 0.25) is 10.0 Å². The predicted molar refractivity (Wildman–Crippen MR) is 81.1 cm³/mol. The summed E-state index contributed by atoms with van der Waals surface area (Å²) in [6, 6.07) is 4.44. The first-order chi connectivity index (χ1) is 8.69. The molecule has 0 spiro atoms. The second-order valence-electron chi connectivity index (χ2n) is 4.50. The van der Waals surface area contributed by atoms with Crippen molar-refractivity contribution in [1.29, 1.82) is 5.26 Å². The number of aryl methyl sites for hydroxylation is 1. The Morgan fingerprint density at radius 3 is 2.32 bits per heavy atom. The van der Waals surface area contributed by atoms with Gasteiger partial charge in [0.05, 0.1) is 11.0 Å². The lowest BCUT2D eigenvalue weighted by molar-refractivity contribution is 0.515. The van der Waals surface area contributed by atoms with E-state index in [2.05, 4.69) is 36.6 Å². The molecule has 1 unspecified atom stereocenters. The van der Waals surface area contributed by atoms with E-state index < -0.39 is 16.1 Å². The summed E-state index contributed by atoms with van der Waals surface area (Å²) in [5, 5.41) is 8.98. The molecule has 0 saturated heterocycles. The third-order valence-electron chi connectivity index (χ3n) is 2.59. The Hall–Kier alpha value is -0.420. The molecule has 0 aliphatic heterocycles. The quantitative estimate of drug-likeness (QED) is 0.828. The molecule has 1 aromatic rings. The van der Waals surface area contributed by atoms with E-state index in [4.69, 9.17) is 5.26 Å². The molecule has 4 nitrogen and oxygen atoms in total. The highest BCUT2D eigenvalue weighted by Crippen LogP contribution is 2.29. The van der Waals surface area contributed by atoms with Gasteiger partial charge in [-0.1, -0.05) is 29.8 Å². The summed E-state index contributed by atoms with van der Waals surface area (Å²) >= 11 is 6.55. The zero-order valence-electron chi connectivity index (χ0n) is 10.7. The van der Waals surface area contributed by atoms with Crippen LogP contribution in [0.5, 0.6) is 0 Å². The van der Waals surface area contributed by atoms with Crippen LogP contribution >= 0.6 is 31.9 Å². The van der Waals surface area contributed by atoms with Crippen LogP contribution in [-0.2, 0) is 10.0 Å². The van der Waals surface area contributed by atoms with E-state index in [1.54, 1.807) is 19.9 Å². The summed E-state index contributed by atoms with van der Waals surface area (Å²) < 4.78 is 28.1. The third kappa shape index (κ3) is 4.02. The summed E-state index contributed by atoms with van der Waals surface area (Å²) in [6.07, 6.45) is 0. The van der Waals surface area contributed by atoms with Crippen LogP contribution < -0.4 is 4.72 Å². The van der Waals surface area contributed by atoms with Crippen LogP contribution in [0.25, 0.3) is 0 Å². The number of benzene rings is 1. The van der Waals surface area contributed by atoms with Gasteiger partial charge in [-0.2, -0.15) is 9.98 Å². The Bertz CT molecular complexity index is 621. The summed E-state index contributed by atoms with van der Waals surface area (Å²) in [6.45, 7) is 5.44. The Morgan fingerprint density at radius 2 is 1.84 bits per heavy atom. The summed E-state index contributed by atoms with van der Waals surface area (Å²) in [7, 11) is -3.74. The van der Waals surface area contributed by atoms with Gasteiger partial charge in [0.15, 0.2) is 0 Å². The van der Waals surface area contributed by atoms with Crippen molar-refractivity contribution in [3.8, 4) is 6.07 Å². The van der Waals surface area contributed by atoms with Crippen molar-refractivity contribution in [3.63, 3.8) is 0 Å². The van der Waals surface area contributed by atoms with E-state index in [0.29, 0.717) is 8.95 Å². The standard InChI is InChI=1S/C12H14Br2N2O2S/c1-7(2)11(6-15)16-19(17,18)12-5-9(13)8(3)4-10(12)14/h4-5,7,11,16H,1-3H3. The molecule has 1 N–H and O–H groups in total. The fourth-order valence-corrected chi connectivity index (χ4v) is 4.34. The lowest BCUT2D eigenvalue weighted by atomic mass is 10.1. The molecule has 104 valence electrons. The van der Waals surface area contributed by atoms with Gasteiger partial charge in [-0.15, -0.1) is 0 Å². The van der Waals surface area contributed by atoms with Crippen LogP contribution in [0.3, 0.4) is 0 Å². The molecule has 1 atom stereocenters. The van der Waals surface area contributed by atoms with E-state index in [9.17, 15) is 8.42 Å². The maximum absolute atomic E-state index is 12.3. The average Bonchev–Trinajstić information content (AvgIpc) is 2.30. The molecule has 0 aliphatic carbocycles. The van der Waals surface area contributed by atoms with Crippen molar-refractivity contribution in [2.45, 2.75) is 31.7 Å². The van der Waals surface area contributed by atoms with Crippen LogP contribution in [0.1, 0.15) is 19.4 Å². The van der Waals surface area contributed by atoms with Gasteiger partial charge >= 0.3 is 0 Å². The molecule has 0 bridgehead atoms. The number of hydrogen-bond donors (Lipinski definition) is 1. The van der Waals surface area contributed by atoms with E-state index in [0.717, 1.165) is 5.56 Å². The van der Waals surface area contributed by atoms with Crippen LogP contribution in [0.4, 0.5) is 0 Å². The van der Waals surface area contributed by atoms with Crippen molar-refractivity contribution < 1.29 is 8.42 Å². The van der Waals surface area contributed by atoms with Crippen LogP contribution in [0, 0.1) is 24.2 Å². The molecule has 1 aromatic carbocycles. The average molecular weight is 410 g/mol. The van der Waals surface area contributed by atoms with Crippen LogP contribution in [-0.4, -0.2) is 14.5 Å². The number of nitrogens with zero attached hydrogens (tertiary/aromatic N) is 1. The molecule has 0 radical (unpaired) electrons. The maximum atomic E-state index is 12.3. The molecular weight excluding hydrogens is 396 g/mol. The van der Waals surface area contributed by atoms with Crippen molar-refractivity contribution in [2.75, 3.05) is 0 Å². The number of hydrogen-bond acceptors (Lipinski definition) is 3. The molecule has 0 saturated carbocycles. The molecule has 7 heteroatoms. The molecule has 0 fully saturated rings. The minimum Gasteiger partial charge on any atom is -0.207 e. The van der Waals surface area contributed by atoms with Crippen LogP contribution in [0.2, 0.25) is 0 Å². The van der Waals surface area contributed by atoms with Gasteiger partial charge < -0.3 is 0 Å². The van der Waals surface area contributed by atoms with E-state index in [-0.39, 0.29) is 10.8 Å². The Morgan fingerprint density at radius 1 is 1.26 bits per heavy atom. The molecular formula is C12H14Br2N2O2S. The lowest BCUT2D eigenvalue weighted by Gasteiger charge is -2.16. The third-order valence-corrected chi connectivity index (χ3v) is 5.84. The molecule has 19 heavy (non-hydrogen) atoms. The minimum atomic E-state index is -3.74. The highest BCUT2D eigenvalue weighted by molar-refractivity contribution is 9.11. The van der Waals surface area contributed by atoms with Crippen molar-refractivity contribution >= 4 is 41.9 Å². The Labute approximate surface area is 130 Å². The topological polar surface area (TPSA) is 70.0 Å². The fourth-order valence-electron chi connectivity index (χ4n) is 1.38. The largest absolute Gasteiger partial charge is 0.242 e. The number of nitrogens with one attached hydrogen (secondary N) is 1. The molecule has 0 amide bonds. The Balaban J connectivity index is 3.22. The van der Waals surface area contributed by atoms with Gasteiger partial charge in [0, 0.05) is 8.95 Å². The predicted octanol–water partition coefficient (Wildman–Crippen LogP) is 3.35. The second kappa shape index (κ2) is 6.35. The molecule has 0 aromatic heterocycles. The van der Waals surface area contributed by atoms with E-state index >= 15 is 0 Å². The first kappa shape index (κ1) is 16.6. The first-order valence-electron chi connectivity index (χ1n) is 5.56. The zero-order valence-corrected chi connectivity index (χ0v) is 14.7. The molecule has 0 heterocycles. The van der Waals surface area contributed by atoms with Gasteiger partial charge in [-0.3, -0.25) is 0 Å². The normalized spacial score (nSPS) is 13.3. The second-order valence-corrected chi connectivity index (χ2v) is 7.89. The van der Waals surface area contributed by atoms with E-state index in [1.165, 1.54) is 6.07 Å². The highest BCUT2D eigenvalue weighted by Gasteiger charge is 2.24. The molecule has 1 rings (SSSR count). The monoisotopic (exact) mass is 408 g/mol. The van der Waals surface area contributed by atoms with Crippen molar-refractivity contribution in [2.24, 2.45) is 5.92 Å². The van der Waals surface area contributed by atoms with Gasteiger partial charge in [0.25, 0.3) is 0 Å². The highest BCUT2D eigenvalue weighted by atomic mass is 79.9. The SMILES string of the molecule is Cc1cc(Br)c(S(=O)(=O)NC(C#N)C(C)C)cc1Br. The summed E-state index contributed by atoms with van der Waals surface area (Å²) in [5.41, 5.74) is 0.923. The Kier molecular flexibility index (Phi) is 5.56. The minimum absolute atomic E-state index is 0.104. The van der Waals surface area contributed by atoms with Gasteiger partial charge in [-0.05, 0) is 46.5 Å². The first-order valence-corrected chi connectivity index (χ1v) is 8.63. The van der Waals surface area contributed by atoms with Gasteiger partial charge in [0.1, 0.15) is 6.04 Å². The number of sulfonamides is 1. The summed E-state index contributed by atoms with van der Waals surface area (Å²) in [5.74, 6) is -0.104. The van der Waals surface area contributed by atoms with Crippen LogP contribution in [0.15, 0.2) is 26.0 Å². The number of nitriles is 1. The number of halogens is 2. The van der Waals surface area contributed by atoms with E-state index in [1.807, 2.05) is 13.0 Å². The van der Waals surface area contributed by atoms with Gasteiger partial charge in [-0.25, -0.2) is 8.42 Å². The zero-order chi connectivity index (χ0) is 14.8. The smallest absolute Gasteiger partial charge is 0.207 e. The van der Waals surface area contributed by atoms with Crippen molar-refractivity contribution in [1.82, 2.24) is 4.72 Å². The molecule has 0 aliphatic rings. The van der Waals surface area contributed by atoms with Crippen molar-refractivity contribution in [3.05, 3.63) is 26.6 Å². The summed E-state index contributed by atoms with van der Waals surface area (Å²) in [4.78, 5) is 0.117. The maximum Gasteiger partial charge on any atom is 0.242 e. The number of rotatable bonds is 4. The fraction of sp³-hybridized carbons (Fsp3) is 0.417.